The second-order valence-corrected chi connectivity index (χ2v) is 11.1. The second-order valence-electron chi connectivity index (χ2n) is 9.96. The van der Waals surface area contributed by atoms with Crippen molar-refractivity contribution in [2.75, 3.05) is 0 Å². The number of hydrogen-bond acceptors (Lipinski definition) is 0. The molecule has 0 aromatic heterocycles. The van der Waals surface area contributed by atoms with Crippen molar-refractivity contribution in [3.8, 4) is 0 Å². The highest BCUT2D eigenvalue weighted by Crippen LogP contribution is 2.44. The largest absolute Gasteiger partial charge is 0.131 e. The maximum atomic E-state index is 3.46. The summed E-state index contributed by atoms with van der Waals surface area (Å²) in [6, 6.07) is 0. The highest BCUT2D eigenvalue weighted by atomic mass is 31.0. The van der Waals surface area contributed by atoms with E-state index < -0.39 is 0 Å². The third-order valence-electron chi connectivity index (χ3n) is 7.12. The predicted molar refractivity (Wildman–Crippen MR) is 140 cm³/mol. The first-order valence-corrected chi connectivity index (χ1v) is 14.5. The standard InChI is InChI=1S/C28H59P/c1-5-9-13-17-18-20-24-27(23-19-14-10-6-2)28(29,25-21-15-11-7-3)26-22-16-12-8-4/h27H,5-26,29H2,1-4H3. The predicted octanol–water partition coefficient (Wildman–Crippen LogP) is 10.9. The Morgan fingerprint density at radius 2 is 0.759 bits per heavy atom. The molecular formula is C28H59P. The lowest BCUT2D eigenvalue weighted by atomic mass is 9.77. The topological polar surface area (TPSA) is 0 Å². The Bertz CT molecular complexity index is 299. The van der Waals surface area contributed by atoms with Crippen LogP contribution in [0.2, 0.25) is 0 Å². The molecule has 0 nitrogen and oxygen atoms in total. The minimum Gasteiger partial charge on any atom is -0.131 e. The average Bonchev–Trinajstić information content (AvgIpc) is 2.72. The van der Waals surface area contributed by atoms with E-state index in [9.17, 15) is 0 Å². The fourth-order valence-electron chi connectivity index (χ4n) is 5.00. The Morgan fingerprint density at radius 3 is 1.17 bits per heavy atom. The highest BCUT2D eigenvalue weighted by Gasteiger charge is 2.32. The van der Waals surface area contributed by atoms with Gasteiger partial charge in [-0.25, -0.2) is 0 Å². The van der Waals surface area contributed by atoms with Crippen molar-refractivity contribution in [1.82, 2.24) is 0 Å². The molecule has 0 aliphatic carbocycles. The maximum Gasteiger partial charge on any atom is -0.0122 e. The number of hydrogen-bond donors (Lipinski definition) is 0. The van der Waals surface area contributed by atoms with E-state index in [-0.39, 0.29) is 0 Å². The lowest BCUT2D eigenvalue weighted by Gasteiger charge is -2.39. The van der Waals surface area contributed by atoms with Gasteiger partial charge in [-0.05, 0) is 36.8 Å². The summed E-state index contributed by atoms with van der Waals surface area (Å²) < 4.78 is 0. The van der Waals surface area contributed by atoms with E-state index in [1.165, 1.54) is 141 Å². The fourth-order valence-corrected chi connectivity index (χ4v) is 5.74. The Labute approximate surface area is 189 Å². The molecule has 0 aromatic rings. The van der Waals surface area contributed by atoms with Gasteiger partial charge >= 0.3 is 0 Å². The molecule has 2 unspecified atom stereocenters. The molecule has 176 valence electrons. The van der Waals surface area contributed by atoms with E-state index >= 15 is 0 Å². The molecule has 0 bridgehead atoms. The number of rotatable bonds is 23. The summed E-state index contributed by atoms with van der Waals surface area (Å²) in [4.78, 5) is 0. The monoisotopic (exact) mass is 426 g/mol. The van der Waals surface area contributed by atoms with Crippen molar-refractivity contribution in [1.29, 1.82) is 0 Å². The van der Waals surface area contributed by atoms with Crippen molar-refractivity contribution in [3.05, 3.63) is 0 Å². The summed E-state index contributed by atoms with van der Waals surface area (Å²) >= 11 is 0. The Balaban J connectivity index is 4.80. The van der Waals surface area contributed by atoms with Crippen LogP contribution in [0.25, 0.3) is 0 Å². The zero-order chi connectivity index (χ0) is 21.6. The molecule has 0 radical (unpaired) electrons. The van der Waals surface area contributed by atoms with E-state index in [2.05, 4.69) is 36.9 Å². The van der Waals surface area contributed by atoms with Gasteiger partial charge in [-0.2, -0.15) is 0 Å². The fraction of sp³-hybridized carbons (Fsp3) is 1.00. The smallest absolute Gasteiger partial charge is 0.0122 e. The summed E-state index contributed by atoms with van der Waals surface area (Å²) in [5.41, 5.74) is 0. The summed E-state index contributed by atoms with van der Waals surface area (Å²) in [6.07, 6.45) is 31.6. The SMILES string of the molecule is CCCCCCCCC(CCCCCC)C(P)(CCCCCC)CCCCCC. The highest BCUT2D eigenvalue weighted by molar-refractivity contribution is 7.19. The summed E-state index contributed by atoms with van der Waals surface area (Å²) in [5.74, 6) is 0.943. The Morgan fingerprint density at radius 1 is 0.448 bits per heavy atom. The van der Waals surface area contributed by atoms with Gasteiger partial charge in [0, 0.05) is 0 Å². The molecule has 0 saturated carbocycles. The first-order chi connectivity index (χ1) is 14.1. The minimum atomic E-state index is 0.525. The zero-order valence-corrected chi connectivity index (χ0v) is 22.4. The van der Waals surface area contributed by atoms with Gasteiger partial charge in [0.15, 0.2) is 0 Å². The summed E-state index contributed by atoms with van der Waals surface area (Å²) in [6.45, 7) is 9.35. The molecule has 29 heavy (non-hydrogen) atoms. The summed E-state index contributed by atoms with van der Waals surface area (Å²) in [7, 11) is 3.46. The molecule has 0 N–H and O–H groups in total. The Kier molecular flexibility index (Phi) is 22.0. The van der Waals surface area contributed by atoms with Crippen molar-refractivity contribution in [3.63, 3.8) is 0 Å². The van der Waals surface area contributed by atoms with E-state index in [0.29, 0.717) is 5.16 Å². The first kappa shape index (κ1) is 29.4. The molecule has 2 atom stereocenters. The van der Waals surface area contributed by atoms with Crippen molar-refractivity contribution < 1.29 is 0 Å². The van der Waals surface area contributed by atoms with Crippen molar-refractivity contribution in [2.24, 2.45) is 5.92 Å². The van der Waals surface area contributed by atoms with Crippen molar-refractivity contribution in [2.45, 2.75) is 174 Å². The zero-order valence-electron chi connectivity index (χ0n) is 21.2. The van der Waals surface area contributed by atoms with E-state index in [0.717, 1.165) is 5.92 Å². The quantitative estimate of drug-likeness (QED) is 0.112. The molecular weight excluding hydrogens is 367 g/mol. The summed E-state index contributed by atoms with van der Waals surface area (Å²) in [5, 5.41) is 0.525. The van der Waals surface area contributed by atoms with Crippen LogP contribution in [-0.2, 0) is 0 Å². The van der Waals surface area contributed by atoms with Crippen molar-refractivity contribution >= 4 is 9.24 Å². The molecule has 0 amide bonds. The molecule has 0 aliphatic heterocycles. The van der Waals surface area contributed by atoms with Gasteiger partial charge in [-0.1, -0.05) is 143 Å². The van der Waals surface area contributed by atoms with Gasteiger partial charge in [-0.3, -0.25) is 0 Å². The van der Waals surface area contributed by atoms with Crippen LogP contribution in [-0.4, -0.2) is 5.16 Å². The lowest BCUT2D eigenvalue weighted by molar-refractivity contribution is 0.270. The van der Waals surface area contributed by atoms with Gasteiger partial charge < -0.3 is 0 Å². The van der Waals surface area contributed by atoms with Crippen LogP contribution in [0.5, 0.6) is 0 Å². The van der Waals surface area contributed by atoms with Gasteiger partial charge in [-0.15, -0.1) is 9.24 Å². The van der Waals surface area contributed by atoms with Crippen LogP contribution in [0.1, 0.15) is 169 Å². The maximum absolute atomic E-state index is 3.46. The second kappa shape index (κ2) is 21.7. The van der Waals surface area contributed by atoms with Crippen LogP contribution >= 0.6 is 9.24 Å². The van der Waals surface area contributed by atoms with Gasteiger partial charge in [0.1, 0.15) is 0 Å². The van der Waals surface area contributed by atoms with Crippen LogP contribution in [0.15, 0.2) is 0 Å². The van der Waals surface area contributed by atoms with Gasteiger partial charge in [0.25, 0.3) is 0 Å². The molecule has 0 fully saturated rings. The van der Waals surface area contributed by atoms with Crippen LogP contribution < -0.4 is 0 Å². The molecule has 0 rings (SSSR count). The Hall–Kier alpha value is 0.430. The van der Waals surface area contributed by atoms with Crippen LogP contribution in [0.4, 0.5) is 0 Å². The van der Waals surface area contributed by atoms with Gasteiger partial charge in [0.2, 0.25) is 0 Å². The third-order valence-corrected chi connectivity index (χ3v) is 8.17. The normalized spacial score (nSPS) is 13.1. The van der Waals surface area contributed by atoms with Gasteiger partial charge in [0.05, 0.1) is 0 Å². The molecule has 0 aromatic carbocycles. The van der Waals surface area contributed by atoms with E-state index in [4.69, 9.17) is 0 Å². The average molecular weight is 427 g/mol. The molecule has 0 spiro atoms. The number of unbranched alkanes of at least 4 members (excludes halogenated alkanes) is 14. The molecule has 1 heteroatoms. The molecule has 0 aliphatic rings. The first-order valence-electron chi connectivity index (χ1n) is 13.9. The van der Waals surface area contributed by atoms with E-state index in [1.54, 1.807) is 0 Å². The van der Waals surface area contributed by atoms with Crippen LogP contribution in [0, 0.1) is 5.92 Å². The third kappa shape index (κ3) is 16.8. The molecule has 0 saturated heterocycles. The van der Waals surface area contributed by atoms with Crippen LogP contribution in [0.3, 0.4) is 0 Å². The lowest BCUT2D eigenvalue weighted by Crippen LogP contribution is -2.32. The minimum absolute atomic E-state index is 0.525. The van der Waals surface area contributed by atoms with E-state index in [1.807, 2.05) is 0 Å². The molecule has 0 heterocycles.